The SMILES string of the molecule is OC[C@@H](O)[C@@H](O)[C@H](O)[C@@H](O)CNCl. The van der Waals surface area contributed by atoms with Crippen LogP contribution < -0.4 is 4.84 Å². The molecule has 0 spiro atoms. The molecule has 0 fully saturated rings. The highest BCUT2D eigenvalue weighted by atomic mass is 35.5. The third-order valence-electron chi connectivity index (χ3n) is 1.61. The smallest absolute Gasteiger partial charge is 0.111 e. The second-order valence-electron chi connectivity index (χ2n) is 2.64. The molecule has 0 amide bonds. The van der Waals surface area contributed by atoms with Crippen LogP contribution in [0.15, 0.2) is 0 Å². The van der Waals surface area contributed by atoms with Crippen molar-refractivity contribution >= 4 is 11.8 Å². The lowest BCUT2D eigenvalue weighted by molar-refractivity contribution is -0.113. The summed E-state index contributed by atoms with van der Waals surface area (Å²) in [6.07, 6.45) is -5.97. The van der Waals surface area contributed by atoms with Gasteiger partial charge in [-0.3, -0.25) is 0 Å². The van der Waals surface area contributed by atoms with E-state index in [1.165, 1.54) is 0 Å². The first-order chi connectivity index (χ1) is 6.04. The van der Waals surface area contributed by atoms with Crippen molar-refractivity contribution in [2.24, 2.45) is 0 Å². The molecule has 0 aromatic rings. The molecule has 0 rings (SSSR count). The van der Waals surface area contributed by atoms with Gasteiger partial charge in [0.15, 0.2) is 0 Å². The van der Waals surface area contributed by atoms with Crippen LogP contribution in [0.2, 0.25) is 0 Å². The highest BCUT2D eigenvalue weighted by Gasteiger charge is 2.29. The van der Waals surface area contributed by atoms with Gasteiger partial charge in [0.05, 0.1) is 12.7 Å². The second-order valence-corrected chi connectivity index (χ2v) is 2.90. The molecule has 0 heterocycles. The molecule has 4 atom stereocenters. The Hall–Kier alpha value is 0.0500. The van der Waals surface area contributed by atoms with Crippen LogP contribution in [0.4, 0.5) is 0 Å². The lowest BCUT2D eigenvalue weighted by Gasteiger charge is -2.24. The third-order valence-corrected chi connectivity index (χ3v) is 1.77. The van der Waals surface area contributed by atoms with E-state index in [9.17, 15) is 0 Å². The number of aliphatic hydroxyl groups is 5. The Balaban J connectivity index is 3.99. The van der Waals surface area contributed by atoms with E-state index in [2.05, 4.69) is 4.84 Å². The van der Waals surface area contributed by atoms with Crippen molar-refractivity contribution in [3.8, 4) is 0 Å². The van der Waals surface area contributed by atoms with Crippen LogP contribution >= 0.6 is 11.8 Å². The van der Waals surface area contributed by atoms with E-state index in [4.69, 9.17) is 37.3 Å². The minimum atomic E-state index is -1.61. The molecule has 0 unspecified atom stereocenters. The maximum absolute atomic E-state index is 9.15. The van der Waals surface area contributed by atoms with E-state index < -0.39 is 31.0 Å². The van der Waals surface area contributed by atoms with Crippen molar-refractivity contribution < 1.29 is 25.5 Å². The molecule has 0 bridgehead atoms. The van der Waals surface area contributed by atoms with E-state index in [1.807, 2.05) is 0 Å². The van der Waals surface area contributed by atoms with E-state index in [1.54, 1.807) is 0 Å². The Bertz CT molecular complexity index is 138. The lowest BCUT2D eigenvalue weighted by Crippen LogP contribution is -2.48. The van der Waals surface area contributed by atoms with E-state index >= 15 is 0 Å². The predicted molar refractivity (Wildman–Crippen MR) is 45.0 cm³/mol. The third kappa shape index (κ3) is 4.19. The molecule has 0 aliphatic rings. The largest absolute Gasteiger partial charge is 0.394 e. The van der Waals surface area contributed by atoms with Gasteiger partial charge in [0.2, 0.25) is 0 Å². The monoisotopic (exact) mass is 215 g/mol. The molecular weight excluding hydrogens is 202 g/mol. The van der Waals surface area contributed by atoms with Crippen LogP contribution in [0, 0.1) is 0 Å². The lowest BCUT2D eigenvalue weighted by atomic mass is 10.0. The number of nitrogens with one attached hydrogen (secondary N) is 1. The summed E-state index contributed by atoms with van der Waals surface area (Å²) in [5, 5.41) is 44.6. The van der Waals surface area contributed by atoms with Crippen LogP contribution in [-0.4, -0.2) is 63.1 Å². The Morgan fingerprint density at radius 2 is 1.46 bits per heavy atom. The van der Waals surface area contributed by atoms with Crippen LogP contribution in [0.25, 0.3) is 0 Å². The van der Waals surface area contributed by atoms with E-state index in [0.717, 1.165) is 0 Å². The fraction of sp³-hybridized carbons (Fsp3) is 1.00. The first kappa shape index (κ1) is 13.1. The zero-order valence-corrected chi connectivity index (χ0v) is 7.59. The second kappa shape index (κ2) is 6.50. The van der Waals surface area contributed by atoms with Crippen LogP contribution in [0.5, 0.6) is 0 Å². The summed E-state index contributed by atoms with van der Waals surface area (Å²) < 4.78 is 0. The Kier molecular flexibility index (Phi) is 6.52. The molecule has 80 valence electrons. The van der Waals surface area contributed by atoms with Crippen LogP contribution in [0.1, 0.15) is 0 Å². The van der Waals surface area contributed by atoms with Gasteiger partial charge in [-0.1, -0.05) is 0 Å². The maximum Gasteiger partial charge on any atom is 0.111 e. The zero-order valence-electron chi connectivity index (χ0n) is 6.84. The van der Waals surface area contributed by atoms with Gasteiger partial charge in [-0.25, -0.2) is 4.84 Å². The van der Waals surface area contributed by atoms with Crippen molar-refractivity contribution in [3.63, 3.8) is 0 Å². The number of rotatable bonds is 6. The molecule has 0 saturated carbocycles. The van der Waals surface area contributed by atoms with Crippen molar-refractivity contribution in [1.29, 1.82) is 0 Å². The number of halogens is 1. The summed E-state index contributed by atoms with van der Waals surface area (Å²) in [5.74, 6) is 0. The van der Waals surface area contributed by atoms with Crippen LogP contribution in [-0.2, 0) is 0 Å². The minimum Gasteiger partial charge on any atom is -0.394 e. The molecule has 0 aromatic heterocycles. The molecule has 0 aromatic carbocycles. The molecule has 0 aliphatic heterocycles. The maximum atomic E-state index is 9.15. The summed E-state index contributed by atoms with van der Waals surface area (Å²) in [6.45, 7) is -0.836. The van der Waals surface area contributed by atoms with Gasteiger partial charge >= 0.3 is 0 Å². The summed E-state index contributed by atoms with van der Waals surface area (Å²) in [5.41, 5.74) is 0. The molecule has 6 N–H and O–H groups in total. The standard InChI is InChI=1S/C6H14ClNO5/c7-8-1-3(10)5(12)6(13)4(11)2-9/h3-6,8-13H,1-2H2/t3-,4+,5+,6+/m0/s1. The first-order valence-corrected chi connectivity index (χ1v) is 4.09. The Morgan fingerprint density at radius 1 is 1.00 bits per heavy atom. The zero-order chi connectivity index (χ0) is 10.4. The average Bonchev–Trinajstić information content (AvgIpc) is 2.14. The average molecular weight is 216 g/mol. The van der Waals surface area contributed by atoms with Gasteiger partial charge in [0.1, 0.15) is 18.3 Å². The molecule has 0 aliphatic carbocycles. The van der Waals surface area contributed by atoms with Gasteiger partial charge in [0, 0.05) is 6.54 Å². The molecule has 6 nitrogen and oxygen atoms in total. The van der Waals surface area contributed by atoms with Gasteiger partial charge < -0.3 is 25.5 Å². The highest BCUT2D eigenvalue weighted by Crippen LogP contribution is 2.04. The van der Waals surface area contributed by atoms with Gasteiger partial charge in [-0.15, -0.1) is 0 Å². The Labute approximate surface area is 80.5 Å². The molecular formula is C6H14ClNO5. The molecule has 0 radical (unpaired) electrons. The number of hydrogen-bond acceptors (Lipinski definition) is 6. The van der Waals surface area contributed by atoms with E-state index in [-0.39, 0.29) is 6.54 Å². The minimum absolute atomic E-state index is 0.141. The summed E-state index contributed by atoms with van der Waals surface area (Å²) in [4.78, 5) is 2.07. The molecule has 13 heavy (non-hydrogen) atoms. The predicted octanol–water partition coefficient (Wildman–Crippen LogP) is -2.83. The fourth-order valence-corrected chi connectivity index (χ4v) is 0.921. The van der Waals surface area contributed by atoms with Crippen LogP contribution in [0.3, 0.4) is 0 Å². The normalized spacial score (nSPS) is 20.8. The summed E-state index contributed by atoms with van der Waals surface area (Å²) in [7, 11) is 0. The van der Waals surface area contributed by atoms with Crippen molar-refractivity contribution in [2.75, 3.05) is 13.2 Å². The van der Waals surface area contributed by atoms with Crippen molar-refractivity contribution in [2.45, 2.75) is 24.4 Å². The van der Waals surface area contributed by atoms with Crippen molar-refractivity contribution in [1.82, 2.24) is 4.84 Å². The number of hydrogen-bond donors (Lipinski definition) is 6. The van der Waals surface area contributed by atoms with Gasteiger partial charge in [-0.2, -0.15) is 0 Å². The highest BCUT2D eigenvalue weighted by molar-refractivity contribution is 6.13. The first-order valence-electron chi connectivity index (χ1n) is 3.71. The van der Waals surface area contributed by atoms with Crippen molar-refractivity contribution in [3.05, 3.63) is 0 Å². The van der Waals surface area contributed by atoms with E-state index in [0.29, 0.717) is 0 Å². The van der Waals surface area contributed by atoms with Gasteiger partial charge in [-0.05, 0) is 11.8 Å². The summed E-state index contributed by atoms with van der Waals surface area (Å²) in [6, 6.07) is 0. The molecule has 7 heteroatoms. The van der Waals surface area contributed by atoms with Gasteiger partial charge in [0.25, 0.3) is 0 Å². The quantitative estimate of drug-likeness (QED) is 0.266. The molecule has 0 saturated heterocycles. The topological polar surface area (TPSA) is 113 Å². The fourth-order valence-electron chi connectivity index (χ4n) is 0.763. The summed E-state index contributed by atoms with van der Waals surface area (Å²) >= 11 is 5.04. The number of aliphatic hydroxyl groups excluding tert-OH is 5. The Morgan fingerprint density at radius 3 is 1.85 bits per heavy atom.